The van der Waals surface area contributed by atoms with Crippen molar-refractivity contribution in [1.82, 2.24) is 4.98 Å². The van der Waals surface area contributed by atoms with Crippen molar-refractivity contribution in [2.45, 2.75) is 20.0 Å². The van der Waals surface area contributed by atoms with E-state index in [2.05, 4.69) is 10.1 Å². The SMILES string of the molecule is C/C(=N\OC(=O)[C@@H](C)Oc1nc(F)c(Cl)c(N)c1Cl)c1ccccc1. The lowest BCUT2D eigenvalue weighted by Gasteiger charge is -2.14. The smallest absolute Gasteiger partial charge is 0.374 e. The molecule has 0 radical (unpaired) electrons. The van der Waals surface area contributed by atoms with Gasteiger partial charge in [0.2, 0.25) is 11.8 Å². The molecule has 1 aromatic carbocycles. The summed E-state index contributed by atoms with van der Waals surface area (Å²) in [6.07, 6.45) is -1.16. The van der Waals surface area contributed by atoms with Crippen LogP contribution in [-0.4, -0.2) is 22.8 Å². The molecule has 1 heterocycles. The zero-order chi connectivity index (χ0) is 18.6. The molecule has 132 valence electrons. The van der Waals surface area contributed by atoms with Gasteiger partial charge in [0.1, 0.15) is 10.0 Å². The van der Waals surface area contributed by atoms with Gasteiger partial charge in [0.25, 0.3) is 0 Å². The van der Waals surface area contributed by atoms with E-state index >= 15 is 0 Å². The Hall–Kier alpha value is -2.38. The first-order valence-electron chi connectivity index (χ1n) is 7.08. The molecule has 2 aromatic rings. The van der Waals surface area contributed by atoms with Crippen molar-refractivity contribution in [3.05, 3.63) is 51.9 Å². The largest absolute Gasteiger partial charge is 0.461 e. The van der Waals surface area contributed by atoms with Gasteiger partial charge in [-0.05, 0) is 19.4 Å². The number of nitrogens with zero attached hydrogens (tertiary/aromatic N) is 2. The third-order valence-electron chi connectivity index (χ3n) is 3.13. The first kappa shape index (κ1) is 19.0. The second-order valence-electron chi connectivity index (χ2n) is 4.96. The number of hydrogen-bond donors (Lipinski definition) is 1. The fourth-order valence-electron chi connectivity index (χ4n) is 1.72. The number of nitrogens with two attached hydrogens (primary N) is 1. The summed E-state index contributed by atoms with van der Waals surface area (Å²) < 4.78 is 18.7. The van der Waals surface area contributed by atoms with Gasteiger partial charge in [-0.15, -0.1) is 0 Å². The van der Waals surface area contributed by atoms with Crippen LogP contribution in [0.5, 0.6) is 5.88 Å². The number of oxime groups is 1. The molecular weight excluding hydrogens is 372 g/mol. The summed E-state index contributed by atoms with van der Waals surface area (Å²) in [5.41, 5.74) is 6.60. The zero-order valence-electron chi connectivity index (χ0n) is 13.3. The van der Waals surface area contributed by atoms with Crippen LogP contribution in [0.15, 0.2) is 35.5 Å². The Morgan fingerprint density at radius 1 is 1.28 bits per heavy atom. The normalized spacial score (nSPS) is 12.6. The van der Waals surface area contributed by atoms with Crippen LogP contribution in [-0.2, 0) is 9.63 Å². The Bertz CT molecular complexity index is 816. The molecule has 1 atom stereocenters. The molecule has 0 fully saturated rings. The van der Waals surface area contributed by atoms with E-state index < -0.39 is 23.0 Å². The van der Waals surface area contributed by atoms with Crippen LogP contribution >= 0.6 is 23.2 Å². The number of carbonyl (C=O) groups excluding carboxylic acids is 1. The van der Waals surface area contributed by atoms with Crippen LogP contribution in [0.2, 0.25) is 10.0 Å². The molecule has 0 aliphatic carbocycles. The predicted octanol–water partition coefficient (Wildman–Crippen LogP) is 3.84. The number of aromatic nitrogens is 1. The third kappa shape index (κ3) is 4.58. The minimum Gasteiger partial charge on any atom is -0.461 e. The van der Waals surface area contributed by atoms with E-state index in [1.165, 1.54) is 6.92 Å². The molecule has 0 unspecified atom stereocenters. The Balaban J connectivity index is 2.06. The Morgan fingerprint density at radius 2 is 1.92 bits per heavy atom. The van der Waals surface area contributed by atoms with Crippen molar-refractivity contribution in [2.75, 3.05) is 5.73 Å². The van der Waals surface area contributed by atoms with Crippen molar-refractivity contribution < 1.29 is 18.8 Å². The lowest BCUT2D eigenvalue weighted by atomic mass is 10.1. The van der Waals surface area contributed by atoms with E-state index in [0.717, 1.165) is 5.56 Å². The molecule has 0 spiro atoms. The molecule has 2 N–H and O–H groups in total. The number of benzene rings is 1. The van der Waals surface area contributed by atoms with E-state index in [1.807, 2.05) is 30.3 Å². The van der Waals surface area contributed by atoms with Gasteiger partial charge in [-0.1, -0.05) is 58.7 Å². The summed E-state index contributed by atoms with van der Waals surface area (Å²) in [5.74, 6) is -2.24. The summed E-state index contributed by atoms with van der Waals surface area (Å²) in [6.45, 7) is 3.05. The number of nitrogen functional groups attached to an aromatic ring is 1. The number of pyridine rings is 1. The molecule has 6 nitrogen and oxygen atoms in total. The summed E-state index contributed by atoms with van der Waals surface area (Å²) in [7, 11) is 0. The highest BCUT2D eigenvalue weighted by Gasteiger charge is 2.23. The standard InChI is InChI=1S/C16H14Cl2FN3O3/c1-8(10-6-4-3-5-7-10)22-25-16(23)9(2)24-15-12(18)13(20)11(17)14(19)21-15/h3-7,9H,1-2H3,(H2,20,21)/b22-8+/t9-/m1/s1. The number of anilines is 1. The van der Waals surface area contributed by atoms with E-state index in [9.17, 15) is 9.18 Å². The highest BCUT2D eigenvalue weighted by Crippen LogP contribution is 2.35. The average molecular weight is 386 g/mol. The van der Waals surface area contributed by atoms with Gasteiger partial charge >= 0.3 is 5.97 Å². The van der Waals surface area contributed by atoms with Crippen LogP contribution in [0.3, 0.4) is 0 Å². The highest BCUT2D eigenvalue weighted by molar-refractivity contribution is 6.39. The fourth-order valence-corrected chi connectivity index (χ4v) is 2.09. The van der Waals surface area contributed by atoms with Crippen LogP contribution in [0.25, 0.3) is 0 Å². The van der Waals surface area contributed by atoms with E-state index in [4.69, 9.17) is 38.5 Å². The number of carbonyl (C=O) groups is 1. The number of rotatable bonds is 5. The molecule has 0 amide bonds. The topological polar surface area (TPSA) is 86.8 Å². The lowest BCUT2D eigenvalue weighted by Crippen LogP contribution is -2.26. The van der Waals surface area contributed by atoms with Gasteiger partial charge in [0.15, 0.2) is 6.10 Å². The molecular formula is C16H14Cl2FN3O3. The lowest BCUT2D eigenvalue weighted by molar-refractivity contribution is -0.151. The van der Waals surface area contributed by atoms with E-state index in [0.29, 0.717) is 5.71 Å². The predicted molar refractivity (Wildman–Crippen MR) is 93.5 cm³/mol. The third-order valence-corrected chi connectivity index (χ3v) is 3.85. The van der Waals surface area contributed by atoms with Crippen molar-refractivity contribution in [3.63, 3.8) is 0 Å². The van der Waals surface area contributed by atoms with Gasteiger partial charge in [0, 0.05) is 0 Å². The Labute approximate surface area is 153 Å². The maximum Gasteiger partial charge on any atom is 0.374 e. The number of ether oxygens (including phenoxy) is 1. The highest BCUT2D eigenvalue weighted by atomic mass is 35.5. The number of hydrogen-bond acceptors (Lipinski definition) is 6. The van der Waals surface area contributed by atoms with Crippen molar-refractivity contribution in [3.8, 4) is 5.88 Å². The van der Waals surface area contributed by atoms with E-state index in [-0.39, 0.29) is 16.6 Å². The minimum atomic E-state index is -1.16. The molecule has 0 saturated heterocycles. The summed E-state index contributed by atoms with van der Waals surface area (Å²) >= 11 is 11.5. The van der Waals surface area contributed by atoms with Crippen molar-refractivity contribution in [1.29, 1.82) is 0 Å². The second kappa shape index (κ2) is 8.13. The van der Waals surface area contributed by atoms with Gasteiger partial charge in [0.05, 0.1) is 11.4 Å². The maximum absolute atomic E-state index is 13.5. The van der Waals surface area contributed by atoms with Gasteiger partial charge in [-0.2, -0.15) is 9.37 Å². The summed E-state index contributed by atoms with van der Waals surface area (Å²) in [4.78, 5) is 20.2. The van der Waals surface area contributed by atoms with Crippen LogP contribution in [0.4, 0.5) is 10.1 Å². The molecule has 2 rings (SSSR count). The minimum absolute atomic E-state index is 0.199. The van der Waals surface area contributed by atoms with Gasteiger partial charge in [-0.25, -0.2) is 4.79 Å². The monoisotopic (exact) mass is 385 g/mol. The average Bonchev–Trinajstić information content (AvgIpc) is 2.62. The Morgan fingerprint density at radius 3 is 2.56 bits per heavy atom. The number of halogens is 3. The summed E-state index contributed by atoms with van der Waals surface area (Å²) in [6, 6.07) is 9.14. The van der Waals surface area contributed by atoms with Crippen LogP contribution < -0.4 is 10.5 Å². The Kier molecular flexibility index (Phi) is 6.17. The first-order valence-corrected chi connectivity index (χ1v) is 7.84. The summed E-state index contributed by atoms with van der Waals surface area (Å²) in [5, 5.41) is 3.12. The fraction of sp³-hybridized carbons (Fsp3) is 0.188. The molecule has 9 heteroatoms. The van der Waals surface area contributed by atoms with Crippen molar-refractivity contribution >= 4 is 40.6 Å². The molecule has 0 aliphatic rings. The van der Waals surface area contributed by atoms with Gasteiger partial charge < -0.3 is 15.3 Å². The second-order valence-corrected chi connectivity index (χ2v) is 5.72. The van der Waals surface area contributed by atoms with Crippen molar-refractivity contribution in [2.24, 2.45) is 5.16 Å². The molecule has 0 bridgehead atoms. The molecule has 0 saturated carbocycles. The zero-order valence-corrected chi connectivity index (χ0v) is 14.8. The molecule has 0 aliphatic heterocycles. The quantitative estimate of drug-likeness (QED) is 0.365. The van der Waals surface area contributed by atoms with E-state index in [1.54, 1.807) is 6.92 Å². The molecule has 1 aromatic heterocycles. The first-order chi connectivity index (χ1) is 11.8. The molecule has 25 heavy (non-hydrogen) atoms. The van der Waals surface area contributed by atoms with Crippen LogP contribution in [0, 0.1) is 5.95 Å². The van der Waals surface area contributed by atoms with Gasteiger partial charge in [-0.3, -0.25) is 0 Å². The van der Waals surface area contributed by atoms with Crippen LogP contribution in [0.1, 0.15) is 19.4 Å². The maximum atomic E-state index is 13.5.